The van der Waals surface area contributed by atoms with Gasteiger partial charge in [0.2, 0.25) is 11.8 Å². The number of hydrogen-bond donors (Lipinski definition) is 0. The zero-order valence-corrected chi connectivity index (χ0v) is 11.9. The zero-order valence-electron chi connectivity index (χ0n) is 11.9. The number of carbonyl (C=O) groups excluding carboxylic acids is 3. The lowest BCUT2D eigenvalue weighted by Gasteiger charge is -2.45. The van der Waals surface area contributed by atoms with E-state index in [-0.39, 0.29) is 30.8 Å². The van der Waals surface area contributed by atoms with Gasteiger partial charge in [0, 0.05) is 25.7 Å². The van der Waals surface area contributed by atoms with Gasteiger partial charge < -0.3 is 14.7 Å². The Hall–Kier alpha value is -2.37. The number of amides is 3. The third-order valence-electron chi connectivity index (χ3n) is 4.04. The molecule has 2 fully saturated rings. The van der Waals surface area contributed by atoms with E-state index in [1.165, 1.54) is 4.90 Å². The van der Waals surface area contributed by atoms with E-state index in [0.29, 0.717) is 18.7 Å². The van der Waals surface area contributed by atoms with Gasteiger partial charge >= 0.3 is 0 Å². The van der Waals surface area contributed by atoms with E-state index in [0.717, 1.165) is 0 Å². The lowest BCUT2D eigenvalue weighted by molar-refractivity contribution is -0.157. The Morgan fingerprint density at radius 1 is 1.14 bits per heavy atom. The Labute approximate surface area is 122 Å². The number of rotatable bonds is 1. The fourth-order valence-corrected chi connectivity index (χ4v) is 2.87. The van der Waals surface area contributed by atoms with Gasteiger partial charge in [-0.2, -0.15) is 0 Å². The molecule has 3 amide bonds. The highest BCUT2D eigenvalue weighted by Crippen LogP contribution is 2.18. The lowest BCUT2D eigenvalue weighted by Crippen LogP contribution is -2.66. The first-order valence-corrected chi connectivity index (χ1v) is 6.96. The van der Waals surface area contributed by atoms with Gasteiger partial charge in [0.25, 0.3) is 5.91 Å². The van der Waals surface area contributed by atoms with Crippen LogP contribution in [0.25, 0.3) is 0 Å². The maximum absolute atomic E-state index is 12.4. The van der Waals surface area contributed by atoms with Crippen LogP contribution in [0, 0.1) is 0 Å². The minimum Gasteiger partial charge on any atom is -0.335 e. The summed E-state index contributed by atoms with van der Waals surface area (Å²) >= 11 is 0. The van der Waals surface area contributed by atoms with E-state index < -0.39 is 6.04 Å². The van der Waals surface area contributed by atoms with Crippen molar-refractivity contribution in [2.45, 2.75) is 6.04 Å². The van der Waals surface area contributed by atoms with Crippen LogP contribution in [0.4, 0.5) is 0 Å². The maximum Gasteiger partial charge on any atom is 0.253 e. The Bertz CT molecular complexity index is 587. The zero-order chi connectivity index (χ0) is 15.0. The first kappa shape index (κ1) is 13.6. The van der Waals surface area contributed by atoms with Gasteiger partial charge in [0.05, 0.1) is 13.1 Å². The van der Waals surface area contributed by atoms with Gasteiger partial charge in [-0.25, -0.2) is 0 Å². The van der Waals surface area contributed by atoms with Crippen LogP contribution in [-0.2, 0) is 9.59 Å². The highest BCUT2D eigenvalue weighted by atomic mass is 16.2. The van der Waals surface area contributed by atoms with Crippen molar-refractivity contribution in [2.75, 3.05) is 33.2 Å². The summed E-state index contributed by atoms with van der Waals surface area (Å²) in [5, 5.41) is 0. The van der Waals surface area contributed by atoms with Gasteiger partial charge in [-0.1, -0.05) is 18.2 Å². The lowest BCUT2D eigenvalue weighted by atomic mass is 10.1. The molecule has 21 heavy (non-hydrogen) atoms. The van der Waals surface area contributed by atoms with E-state index >= 15 is 0 Å². The first-order chi connectivity index (χ1) is 10.1. The molecule has 2 saturated heterocycles. The van der Waals surface area contributed by atoms with E-state index in [1.54, 1.807) is 29.0 Å². The molecule has 1 aromatic rings. The van der Waals surface area contributed by atoms with Gasteiger partial charge in [-0.05, 0) is 12.1 Å². The largest absolute Gasteiger partial charge is 0.335 e. The predicted molar refractivity (Wildman–Crippen MR) is 75.5 cm³/mol. The average Bonchev–Trinajstić information content (AvgIpc) is 2.52. The molecule has 1 aromatic carbocycles. The van der Waals surface area contributed by atoms with Crippen molar-refractivity contribution in [1.29, 1.82) is 0 Å². The van der Waals surface area contributed by atoms with Gasteiger partial charge in [0.1, 0.15) is 6.04 Å². The maximum atomic E-state index is 12.4. The summed E-state index contributed by atoms with van der Waals surface area (Å²) in [6.07, 6.45) is 0. The Balaban J connectivity index is 1.78. The molecule has 0 N–H and O–H groups in total. The molecule has 3 rings (SSSR count). The van der Waals surface area contributed by atoms with Crippen molar-refractivity contribution < 1.29 is 14.4 Å². The Kier molecular flexibility index (Phi) is 3.37. The Morgan fingerprint density at radius 2 is 1.86 bits per heavy atom. The van der Waals surface area contributed by atoms with Crippen molar-refractivity contribution >= 4 is 17.7 Å². The number of nitrogens with zero attached hydrogens (tertiary/aromatic N) is 3. The van der Waals surface area contributed by atoms with E-state index in [9.17, 15) is 14.4 Å². The highest BCUT2D eigenvalue weighted by Gasteiger charge is 2.42. The first-order valence-electron chi connectivity index (χ1n) is 6.96. The molecule has 0 saturated carbocycles. The number of benzene rings is 1. The number of piperazine rings is 2. The molecule has 0 radical (unpaired) electrons. The molecular formula is C15H17N3O3. The van der Waals surface area contributed by atoms with Gasteiger partial charge in [0.15, 0.2) is 0 Å². The summed E-state index contributed by atoms with van der Waals surface area (Å²) in [6, 6.07) is 8.45. The Morgan fingerprint density at radius 3 is 2.57 bits per heavy atom. The molecule has 6 heteroatoms. The second-order valence-corrected chi connectivity index (χ2v) is 5.41. The SMILES string of the molecule is CN1CC(=O)N2CCN(C(=O)c3ccccc3)C[C@@H]2C1=O. The molecular weight excluding hydrogens is 270 g/mol. The van der Waals surface area contributed by atoms with Crippen molar-refractivity contribution in [3.8, 4) is 0 Å². The van der Waals surface area contributed by atoms with Gasteiger partial charge in [-0.3, -0.25) is 14.4 Å². The van der Waals surface area contributed by atoms with E-state index in [4.69, 9.17) is 0 Å². The molecule has 0 aromatic heterocycles. The minimum atomic E-state index is -0.544. The predicted octanol–water partition coefficient (Wildman–Crippen LogP) is -0.188. The topological polar surface area (TPSA) is 60.9 Å². The summed E-state index contributed by atoms with van der Waals surface area (Å²) < 4.78 is 0. The third-order valence-corrected chi connectivity index (χ3v) is 4.04. The van der Waals surface area contributed by atoms with Crippen LogP contribution in [0.15, 0.2) is 30.3 Å². The van der Waals surface area contributed by atoms with E-state index in [1.807, 2.05) is 18.2 Å². The summed E-state index contributed by atoms with van der Waals surface area (Å²) in [7, 11) is 1.62. The number of carbonyl (C=O) groups is 3. The van der Waals surface area contributed by atoms with Crippen LogP contribution in [0.1, 0.15) is 10.4 Å². The third kappa shape index (κ3) is 2.37. The standard InChI is InChI=1S/C15H17N3O3/c1-16-10-13(19)18-8-7-17(9-12(18)15(16)21)14(20)11-5-3-2-4-6-11/h2-6,12H,7-10H2,1H3/t12-/m1/s1. The van der Waals surface area contributed by atoms with Crippen molar-refractivity contribution in [1.82, 2.24) is 14.7 Å². The molecule has 1 atom stereocenters. The van der Waals surface area contributed by atoms with Crippen molar-refractivity contribution in [2.24, 2.45) is 0 Å². The van der Waals surface area contributed by atoms with Crippen LogP contribution in [0.5, 0.6) is 0 Å². The number of hydrogen-bond acceptors (Lipinski definition) is 3. The highest BCUT2D eigenvalue weighted by molar-refractivity contribution is 5.97. The molecule has 6 nitrogen and oxygen atoms in total. The minimum absolute atomic E-state index is 0.0473. The molecule has 0 aliphatic carbocycles. The fraction of sp³-hybridized carbons (Fsp3) is 0.400. The molecule has 0 unspecified atom stereocenters. The van der Waals surface area contributed by atoms with E-state index in [2.05, 4.69) is 0 Å². The van der Waals surface area contributed by atoms with Crippen LogP contribution in [0.2, 0.25) is 0 Å². The van der Waals surface area contributed by atoms with Crippen LogP contribution < -0.4 is 0 Å². The normalized spacial score (nSPS) is 22.3. The van der Waals surface area contributed by atoms with Crippen LogP contribution >= 0.6 is 0 Å². The second kappa shape index (κ2) is 5.20. The van der Waals surface area contributed by atoms with Crippen molar-refractivity contribution in [3.63, 3.8) is 0 Å². The molecule has 0 spiro atoms. The van der Waals surface area contributed by atoms with Crippen LogP contribution in [-0.4, -0.2) is 71.7 Å². The number of likely N-dealkylation sites (N-methyl/N-ethyl adjacent to an activating group) is 1. The van der Waals surface area contributed by atoms with Crippen molar-refractivity contribution in [3.05, 3.63) is 35.9 Å². The monoisotopic (exact) mass is 287 g/mol. The average molecular weight is 287 g/mol. The molecule has 2 heterocycles. The van der Waals surface area contributed by atoms with Crippen LogP contribution in [0.3, 0.4) is 0 Å². The fourth-order valence-electron chi connectivity index (χ4n) is 2.87. The smallest absolute Gasteiger partial charge is 0.253 e. The summed E-state index contributed by atoms with van der Waals surface area (Å²) in [5.74, 6) is -0.238. The summed E-state index contributed by atoms with van der Waals surface area (Å²) in [4.78, 5) is 41.3. The number of fused-ring (bicyclic) bond motifs is 1. The molecule has 2 aliphatic rings. The summed E-state index contributed by atoms with van der Waals surface area (Å²) in [5.41, 5.74) is 0.605. The molecule has 110 valence electrons. The van der Waals surface area contributed by atoms with Gasteiger partial charge in [-0.15, -0.1) is 0 Å². The second-order valence-electron chi connectivity index (χ2n) is 5.41. The summed E-state index contributed by atoms with van der Waals surface area (Å²) in [6.45, 7) is 1.28. The molecule has 0 bridgehead atoms. The molecule has 2 aliphatic heterocycles. The quantitative estimate of drug-likeness (QED) is 0.719.